The fourth-order valence-electron chi connectivity index (χ4n) is 0.834. The van der Waals surface area contributed by atoms with Crippen LogP contribution in [0.4, 0.5) is 13.2 Å². The molecule has 0 atom stereocenters. The van der Waals surface area contributed by atoms with Gasteiger partial charge in [0.2, 0.25) is 0 Å². The summed E-state index contributed by atoms with van der Waals surface area (Å²) >= 11 is 0. The normalized spacial score (nSPS) is 10.5. The van der Waals surface area contributed by atoms with Crippen LogP contribution in [-0.4, -0.2) is 12.3 Å². The maximum absolute atomic E-state index is 11.7. The van der Waals surface area contributed by atoms with E-state index in [1.165, 1.54) is 18.1 Å². The monoisotopic (exact) mass is 202 g/mol. The molecule has 74 valence electrons. The molecule has 0 N–H and O–H groups in total. The van der Waals surface area contributed by atoms with Crippen LogP contribution in [0.5, 0.6) is 5.75 Å². The number of alkyl halides is 3. The molecule has 0 bridgehead atoms. The summed E-state index contributed by atoms with van der Waals surface area (Å²) in [5, 5.41) is 0. The topological polar surface area (TPSA) is 26.3 Å². The minimum absolute atomic E-state index is 0.319. The molecule has 0 radical (unpaired) electrons. The van der Waals surface area contributed by atoms with Gasteiger partial charge in [-0.3, -0.25) is 0 Å². The largest absolute Gasteiger partial charge is 0.573 e. The molecule has 2 nitrogen and oxygen atoms in total. The van der Waals surface area contributed by atoms with E-state index in [2.05, 4.69) is 4.74 Å². The van der Waals surface area contributed by atoms with Crippen molar-refractivity contribution in [1.29, 1.82) is 0 Å². The molecule has 0 saturated heterocycles. The van der Waals surface area contributed by atoms with Gasteiger partial charge in [-0.25, -0.2) is 4.79 Å². The van der Waals surface area contributed by atoms with E-state index in [-0.39, 0.29) is 5.75 Å². The number of ether oxygens (including phenoxy) is 1. The van der Waals surface area contributed by atoms with Crippen molar-refractivity contribution in [3.05, 3.63) is 29.8 Å². The van der Waals surface area contributed by atoms with Crippen LogP contribution in [0.1, 0.15) is 5.56 Å². The zero-order valence-corrected chi connectivity index (χ0v) is 6.84. The van der Waals surface area contributed by atoms with E-state index in [4.69, 9.17) is 0 Å². The molecule has 0 aliphatic rings. The van der Waals surface area contributed by atoms with Gasteiger partial charge in [-0.2, -0.15) is 0 Å². The zero-order chi connectivity index (χ0) is 10.6. The molecule has 0 saturated carbocycles. The maximum atomic E-state index is 11.7. The molecule has 0 unspecified atom stereocenters. The maximum Gasteiger partial charge on any atom is 0.573 e. The van der Waals surface area contributed by atoms with Crippen molar-refractivity contribution in [2.45, 2.75) is 6.36 Å². The van der Waals surface area contributed by atoms with E-state index in [1.54, 1.807) is 0 Å². The number of hydrogen-bond acceptors (Lipinski definition) is 2. The number of rotatable bonds is 2. The first kappa shape index (κ1) is 10.3. The molecule has 5 heteroatoms. The third kappa shape index (κ3) is 3.33. The van der Waals surface area contributed by atoms with Gasteiger partial charge in [0.15, 0.2) is 0 Å². The SMILES string of the molecule is O=C=Cc1ccc(OC(F)(F)F)cc1. The Hall–Kier alpha value is -1.74. The van der Waals surface area contributed by atoms with Gasteiger partial charge >= 0.3 is 6.36 Å². The Balaban J connectivity index is 2.78. The Bertz CT molecular complexity index is 347. The number of benzene rings is 1. The summed E-state index contributed by atoms with van der Waals surface area (Å²) < 4.78 is 38.7. The summed E-state index contributed by atoms with van der Waals surface area (Å²) in [4.78, 5) is 9.90. The lowest BCUT2D eigenvalue weighted by Gasteiger charge is -2.08. The highest BCUT2D eigenvalue weighted by molar-refractivity contribution is 5.74. The van der Waals surface area contributed by atoms with Crippen LogP contribution in [-0.2, 0) is 4.79 Å². The van der Waals surface area contributed by atoms with Gasteiger partial charge in [0.05, 0.1) is 0 Å². The number of halogens is 3. The van der Waals surface area contributed by atoms with Gasteiger partial charge in [0.1, 0.15) is 11.7 Å². The van der Waals surface area contributed by atoms with Crippen molar-refractivity contribution in [3.63, 3.8) is 0 Å². The Labute approximate surface area is 77.6 Å². The quantitative estimate of drug-likeness (QED) is 0.688. The van der Waals surface area contributed by atoms with Crippen LogP contribution >= 0.6 is 0 Å². The van der Waals surface area contributed by atoms with Crippen molar-refractivity contribution < 1.29 is 22.7 Å². The minimum Gasteiger partial charge on any atom is -0.406 e. The number of hydrogen-bond donors (Lipinski definition) is 0. The zero-order valence-electron chi connectivity index (χ0n) is 6.84. The molecule has 0 spiro atoms. The van der Waals surface area contributed by atoms with Gasteiger partial charge in [0, 0.05) is 6.08 Å². The highest BCUT2D eigenvalue weighted by atomic mass is 19.4. The lowest BCUT2D eigenvalue weighted by atomic mass is 10.2. The van der Waals surface area contributed by atoms with Crippen molar-refractivity contribution in [2.75, 3.05) is 0 Å². The van der Waals surface area contributed by atoms with Gasteiger partial charge in [-0.15, -0.1) is 13.2 Å². The van der Waals surface area contributed by atoms with Crippen molar-refractivity contribution in [2.24, 2.45) is 0 Å². The third-order valence-electron chi connectivity index (χ3n) is 1.34. The second-order valence-electron chi connectivity index (χ2n) is 2.38. The molecule has 1 aromatic carbocycles. The molecule has 0 aromatic heterocycles. The van der Waals surface area contributed by atoms with E-state index >= 15 is 0 Å². The van der Waals surface area contributed by atoms with Gasteiger partial charge in [-0.05, 0) is 17.7 Å². The van der Waals surface area contributed by atoms with Crippen LogP contribution in [0.2, 0.25) is 0 Å². The average Bonchev–Trinajstić information content (AvgIpc) is 2.06. The van der Waals surface area contributed by atoms with E-state index in [1.807, 2.05) is 0 Å². The molecule has 0 fully saturated rings. The fourth-order valence-corrected chi connectivity index (χ4v) is 0.834. The highest BCUT2D eigenvalue weighted by Crippen LogP contribution is 2.22. The molecule has 0 aliphatic carbocycles. The molecular formula is C9H5F3O2. The van der Waals surface area contributed by atoms with Crippen LogP contribution < -0.4 is 4.74 Å². The molecule has 1 aromatic rings. The Morgan fingerprint density at radius 1 is 1.21 bits per heavy atom. The Morgan fingerprint density at radius 2 is 1.79 bits per heavy atom. The molecule has 0 amide bonds. The molecular weight excluding hydrogens is 197 g/mol. The lowest BCUT2D eigenvalue weighted by molar-refractivity contribution is -0.274. The minimum atomic E-state index is -4.69. The Morgan fingerprint density at radius 3 is 2.21 bits per heavy atom. The first-order valence-electron chi connectivity index (χ1n) is 3.58. The van der Waals surface area contributed by atoms with Gasteiger partial charge in [0.25, 0.3) is 0 Å². The second kappa shape index (κ2) is 3.98. The highest BCUT2D eigenvalue weighted by Gasteiger charge is 2.30. The van der Waals surface area contributed by atoms with Gasteiger partial charge < -0.3 is 4.74 Å². The predicted octanol–water partition coefficient (Wildman–Crippen LogP) is 2.43. The summed E-state index contributed by atoms with van der Waals surface area (Å²) in [5.41, 5.74) is 0.467. The summed E-state index contributed by atoms with van der Waals surface area (Å²) in [7, 11) is 0. The summed E-state index contributed by atoms with van der Waals surface area (Å²) in [6.07, 6.45) is -3.58. The van der Waals surface area contributed by atoms with E-state index < -0.39 is 6.36 Å². The fraction of sp³-hybridized carbons (Fsp3) is 0.111. The summed E-state index contributed by atoms with van der Waals surface area (Å²) in [6.45, 7) is 0. The lowest BCUT2D eigenvalue weighted by Crippen LogP contribution is -2.16. The van der Waals surface area contributed by atoms with Crippen molar-refractivity contribution in [1.82, 2.24) is 0 Å². The molecule has 0 aliphatic heterocycles. The molecule has 0 heterocycles. The first-order chi connectivity index (χ1) is 6.51. The van der Waals surface area contributed by atoms with Crippen LogP contribution in [0, 0.1) is 0 Å². The smallest absolute Gasteiger partial charge is 0.406 e. The average molecular weight is 202 g/mol. The second-order valence-corrected chi connectivity index (χ2v) is 2.38. The van der Waals surface area contributed by atoms with Crippen LogP contribution in [0.25, 0.3) is 6.08 Å². The standard InChI is InChI=1S/C9H5F3O2/c10-9(11,12)14-8-3-1-7(2-4-8)5-6-13/h1-5H. The van der Waals surface area contributed by atoms with Crippen LogP contribution in [0.15, 0.2) is 24.3 Å². The third-order valence-corrected chi connectivity index (χ3v) is 1.34. The summed E-state index contributed by atoms with van der Waals surface area (Å²) in [5.74, 6) is 1.19. The predicted molar refractivity (Wildman–Crippen MR) is 43.3 cm³/mol. The first-order valence-corrected chi connectivity index (χ1v) is 3.58. The number of carbonyl (C=O) groups excluding carboxylic acids is 1. The summed E-state index contributed by atoms with van der Waals surface area (Å²) in [6, 6.07) is 4.89. The van der Waals surface area contributed by atoms with Crippen molar-refractivity contribution >= 4 is 12.0 Å². The van der Waals surface area contributed by atoms with E-state index in [0.717, 1.165) is 18.2 Å². The van der Waals surface area contributed by atoms with E-state index in [0.29, 0.717) is 5.56 Å². The van der Waals surface area contributed by atoms with Crippen LogP contribution in [0.3, 0.4) is 0 Å². The van der Waals surface area contributed by atoms with Crippen molar-refractivity contribution in [3.8, 4) is 5.75 Å². The van der Waals surface area contributed by atoms with Gasteiger partial charge in [-0.1, -0.05) is 12.1 Å². The molecule has 14 heavy (non-hydrogen) atoms. The van der Waals surface area contributed by atoms with E-state index in [9.17, 15) is 18.0 Å². The Kier molecular flexibility index (Phi) is 2.94. The molecule has 1 rings (SSSR count).